The first-order chi connectivity index (χ1) is 29.4. The first-order valence-corrected chi connectivity index (χ1v) is 21.2. The number of alkyl carbamates (subject to hydrolysis) is 1. The highest BCUT2D eigenvalue weighted by molar-refractivity contribution is 6.07. The van der Waals surface area contributed by atoms with Gasteiger partial charge in [0.2, 0.25) is 11.8 Å². The maximum Gasteiger partial charge on any atom is 0.407 e. The van der Waals surface area contributed by atoms with Gasteiger partial charge in [-0.25, -0.2) is 19.8 Å². The van der Waals surface area contributed by atoms with Crippen LogP contribution in [0, 0.1) is 11.8 Å². The van der Waals surface area contributed by atoms with Gasteiger partial charge in [-0.15, -0.1) is 0 Å². The van der Waals surface area contributed by atoms with Crippen LogP contribution in [0.2, 0.25) is 0 Å². The van der Waals surface area contributed by atoms with Crippen molar-refractivity contribution in [3.05, 3.63) is 65.9 Å². The van der Waals surface area contributed by atoms with Gasteiger partial charge in [0.25, 0.3) is 0 Å². The zero-order chi connectivity index (χ0) is 43.1. The Kier molecular flexibility index (Phi) is 11.8. The predicted molar refractivity (Wildman–Crippen MR) is 232 cm³/mol. The fourth-order valence-corrected chi connectivity index (χ4v) is 9.33. The second kappa shape index (κ2) is 17.2. The van der Waals surface area contributed by atoms with Crippen molar-refractivity contribution >= 4 is 45.6 Å². The number of methoxy groups -OCH3 is 3. The molecule has 3 aromatic carbocycles. The number of imidazole rings is 2. The number of aromatic amines is 2. The van der Waals surface area contributed by atoms with Crippen molar-refractivity contribution in [3.8, 4) is 28.1 Å². The minimum Gasteiger partial charge on any atom is -0.488 e. The summed E-state index contributed by atoms with van der Waals surface area (Å²) in [6.07, 6.45) is 4.06. The van der Waals surface area contributed by atoms with Gasteiger partial charge in [0.1, 0.15) is 36.1 Å². The largest absolute Gasteiger partial charge is 0.488 e. The number of aliphatic imine (C=N–C) groups is 1. The summed E-state index contributed by atoms with van der Waals surface area (Å²) in [4.78, 5) is 65.3. The van der Waals surface area contributed by atoms with E-state index >= 15 is 0 Å². The molecule has 15 nitrogen and oxygen atoms in total. The van der Waals surface area contributed by atoms with Crippen molar-refractivity contribution in [3.63, 3.8) is 0 Å². The number of likely N-dealkylation sites (tertiary alicyclic amines) is 2. The van der Waals surface area contributed by atoms with Crippen LogP contribution in [-0.4, -0.2) is 106 Å². The molecule has 2 fully saturated rings. The Labute approximate surface area is 355 Å². The van der Waals surface area contributed by atoms with Gasteiger partial charge < -0.3 is 44.0 Å². The third-order valence-corrected chi connectivity index (χ3v) is 12.6. The lowest BCUT2D eigenvalue weighted by Crippen LogP contribution is -2.52. The molecule has 0 radical (unpaired) electrons. The number of fused-ring (bicyclic) bond motifs is 6. The van der Waals surface area contributed by atoms with Crippen molar-refractivity contribution in [2.45, 2.75) is 97.1 Å². The quantitative estimate of drug-likeness (QED) is 0.0900. The van der Waals surface area contributed by atoms with E-state index in [0.717, 1.165) is 80.6 Å². The molecule has 2 aromatic heterocycles. The van der Waals surface area contributed by atoms with E-state index in [1.54, 1.807) is 21.1 Å². The van der Waals surface area contributed by atoms with Gasteiger partial charge in [0, 0.05) is 43.5 Å². The summed E-state index contributed by atoms with van der Waals surface area (Å²) in [5.41, 5.74) is 6.67. The Hall–Kier alpha value is -5.96. The van der Waals surface area contributed by atoms with E-state index in [2.05, 4.69) is 62.7 Å². The molecule has 3 aliphatic heterocycles. The lowest BCUT2D eigenvalue weighted by atomic mass is 9.92. The molecule has 61 heavy (non-hydrogen) atoms. The lowest BCUT2D eigenvalue weighted by molar-refractivity contribution is -0.137. The highest BCUT2D eigenvalue weighted by Crippen LogP contribution is 2.44. The van der Waals surface area contributed by atoms with Crippen LogP contribution in [0.1, 0.15) is 89.6 Å². The summed E-state index contributed by atoms with van der Waals surface area (Å²) in [7, 11) is 4.55. The highest BCUT2D eigenvalue weighted by Gasteiger charge is 2.42. The summed E-state index contributed by atoms with van der Waals surface area (Å²) in [6.45, 7) is 11.1. The molecular formula is C46H56N8O7. The molecule has 2 saturated heterocycles. The zero-order valence-electron chi connectivity index (χ0n) is 36.2. The molecule has 0 bridgehead atoms. The molecule has 322 valence electrons. The summed E-state index contributed by atoms with van der Waals surface area (Å²) >= 11 is 0. The molecule has 6 unspecified atom stereocenters. The van der Waals surface area contributed by atoms with Crippen molar-refractivity contribution in [1.29, 1.82) is 0 Å². The predicted octanol–water partition coefficient (Wildman–Crippen LogP) is 7.48. The van der Waals surface area contributed by atoms with Crippen LogP contribution in [0.3, 0.4) is 0 Å². The number of amides is 3. The van der Waals surface area contributed by atoms with Crippen LogP contribution in [0.5, 0.6) is 5.75 Å². The average Bonchev–Trinajstić information content (AvgIpc) is 4.09. The number of nitrogens with one attached hydrogen (secondary N) is 3. The van der Waals surface area contributed by atoms with Gasteiger partial charge in [0.05, 0.1) is 55.8 Å². The first-order valence-electron chi connectivity index (χ1n) is 21.2. The number of hydrogen-bond donors (Lipinski definition) is 3. The van der Waals surface area contributed by atoms with Gasteiger partial charge in [-0.05, 0) is 84.9 Å². The number of rotatable bonds is 11. The van der Waals surface area contributed by atoms with Crippen LogP contribution in [0.15, 0.2) is 53.7 Å². The standard InChI is InChI=1S/C46H56N8O7/c1-9-34(48-26(5)59-7)44(55)53-21-27(22-58-6)16-38(53)43-49-35-14-12-28-18-33-31-13-11-29(17-30(31)23-61-39(33)19-32(28)41(35)51-43)36-20-47-42(50-36)37-15-10-25(4)54(37)45(56)40(24(2)3)52-46(57)60-8/h11-14,17-20,24-25,27,34,37-38,40H,9-10,15-16,21-23H2,1-8H3,(H,47,50)(H,49,51)(H,52,57). The summed E-state index contributed by atoms with van der Waals surface area (Å²) in [6, 6.07) is 13.0. The minimum atomic E-state index is -0.715. The van der Waals surface area contributed by atoms with E-state index in [1.165, 1.54) is 7.11 Å². The topological polar surface area (TPSA) is 176 Å². The average molecular weight is 833 g/mol. The molecule has 6 atom stereocenters. The maximum absolute atomic E-state index is 14.0. The summed E-state index contributed by atoms with van der Waals surface area (Å²) < 4.78 is 22.1. The van der Waals surface area contributed by atoms with Gasteiger partial charge in [0.15, 0.2) is 5.90 Å². The smallest absolute Gasteiger partial charge is 0.407 e. The minimum absolute atomic E-state index is 0.0118. The molecule has 3 aliphatic rings. The van der Waals surface area contributed by atoms with Crippen LogP contribution >= 0.6 is 0 Å². The summed E-state index contributed by atoms with van der Waals surface area (Å²) in [5, 5.41) is 4.73. The van der Waals surface area contributed by atoms with Crippen molar-refractivity contribution < 1.29 is 33.3 Å². The highest BCUT2D eigenvalue weighted by atomic mass is 16.5. The Morgan fingerprint density at radius 1 is 0.984 bits per heavy atom. The van der Waals surface area contributed by atoms with E-state index in [4.69, 9.17) is 28.9 Å². The Morgan fingerprint density at radius 2 is 1.80 bits per heavy atom. The molecule has 5 heterocycles. The molecule has 0 spiro atoms. The normalized spacial score (nSPS) is 21.0. The monoisotopic (exact) mass is 832 g/mol. The van der Waals surface area contributed by atoms with Gasteiger partial charge in [-0.2, -0.15) is 0 Å². The molecule has 3 N–H and O–H groups in total. The molecule has 5 aromatic rings. The number of carbonyl (C=O) groups excluding carboxylic acids is 3. The molecule has 3 amide bonds. The number of H-pyrrole nitrogens is 2. The molecule has 15 heteroatoms. The van der Waals surface area contributed by atoms with E-state index < -0.39 is 18.2 Å². The summed E-state index contributed by atoms with van der Waals surface area (Å²) in [5.74, 6) is 2.57. The van der Waals surface area contributed by atoms with Crippen LogP contribution in [-0.2, 0) is 30.4 Å². The van der Waals surface area contributed by atoms with Crippen LogP contribution in [0.4, 0.5) is 4.79 Å². The van der Waals surface area contributed by atoms with E-state index in [0.29, 0.717) is 37.9 Å². The number of aromatic nitrogens is 4. The molecule has 0 aliphatic carbocycles. The lowest BCUT2D eigenvalue weighted by Gasteiger charge is -2.32. The SMILES string of the molecule is CCC(N=C(C)OC)C(=O)N1CC(COC)CC1c1nc2c(ccc3cc4c(cc32)OCc2cc(-c3cnc(C5CCC(C)N5C(=O)C(NC(=O)OC)C(C)C)[nH]3)ccc2-4)[nH]1. The van der Waals surface area contributed by atoms with Crippen molar-refractivity contribution in [1.82, 2.24) is 35.1 Å². The number of nitrogens with zero attached hydrogens (tertiary/aromatic N) is 5. The van der Waals surface area contributed by atoms with Crippen molar-refractivity contribution in [2.75, 3.05) is 34.5 Å². The third-order valence-electron chi connectivity index (χ3n) is 12.6. The van der Waals surface area contributed by atoms with Gasteiger partial charge >= 0.3 is 6.09 Å². The van der Waals surface area contributed by atoms with Crippen LogP contribution in [0.25, 0.3) is 44.2 Å². The van der Waals surface area contributed by atoms with Crippen molar-refractivity contribution in [2.24, 2.45) is 16.8 Å². The van der Waals surface area contributed by atoms with Gasteiger partial charge in [-0.3, -0.25) is 9.59 Å². The van der Waals surface area contributed by atoms with Crippen LogP contribution < -0.4 is 10.1 Å². The Morgan fingerprint density at radius 3 is 2.54 bits per heavy atom. The second-order valence-electron chi connectivity index (χ2n) is 16.9. The third kappa shape index (κ3) is 7.91. The number of hydrogen-bond acceptors (Lipinski definition) is 10. The van der Waals surface area contributed by atoms with E-state index in [1.807, 2.05) is 43.7 Å². The fraction of sp³-hybridized carbons (Fsp3) is 0.478. The Balaban J connectivity index is 1.05. The number of ether oxygens (including phenoxy) is 4. The van der Waals surface area contributed by atoms with Gasteiger partial charge in [-0.1, -0.05) is 39.0 Å². The number of carbonyl (C=O) groups is 3. The fourth-order valence-electron chi connectivity index (χ4n) is 9.33. The van der Waals surface area contributed by atoms with E-state index in [9.17, 15) is 14.4 Å². The number of benzene rings is 3. The zero-order valence-corrected chi connectivity index (χ0v) is 36.2. The first kappa shape index (κ1) is 41.8. The molecular weight excluding hydrogens is 777 g/mol. The van der Waals surface area contributed by atoms with E-state index in [-0.39, 0.29) is 41.8 Å². The molecule has 0 saturated carbocycles. The maximum atomic E-state index is 14.0. The molecule has 8 rings (SSSR count). The second-order valence-corrected chi connectivity index (χ2v) is 16.9. The Bertz CT molecular complexity index is 2490.